The van der Waals surface area contributed by atoms with Gasteiger partial charge in [0.05, 0.1) is 12.1 Å². The second kappa shape index (κ2) is 7.35. The number of amides is 1. The van der Waals surface area contributed by atoms with E-state index in [-0.39, 0.29) is 5.91 Å². The van der Waals surface area contributed by atoms with Gasteiger partial charge in [-0.05, 0) is 36.1 Å². The Morgan fingerprint density at radius 3 is 2.81 bits per heavy atom. The van der Waals surface area contributed by atoms with Crippen molar-refractivity contribution in [3.8, 4) is 0 Å². The zero-order valence-electron chi connectivity index (χ0n) is 14.3. The maximum absolute atomic E-state index is 12.0. The average Bonchev–Trinajstić information content (AvgIpc) is 3.33. The predicted molar refractivity (Wildman–Crippen MR) is 97.6 cm³/mol. The molecule has 1 saturated carbocycles. The van der Waals surface area contributed by atoms with E-state index < -0.39 is 0 Å². The van der Waals surface area contributed by atoms with Crippen LogP contribution in [0.5, 0.6) is 0 Å². The molecule has 4 rings (SSSR count). The van der Waals surface area contributed by atoms with Crippen LogP contribution in [-0.4, -0.2) is 31.7 Å². The molecule has 2 N–H and O–H groups in total. The van der Waals surface area contributed by atoms with Crippen LogP contribution in [0.2, 0.25) is 0 Å². The summed E-state index contributed by atoms with van der Waals surface area (Å²) in [5, 5.41) is 10.4. The van der Waals surface area contributed by atoms with E-state index in [9.17, 15) is 4.79 Å². The quantitative estimate of drug-likeness (QED) is 0.684. The number of nitrogens with zero attached hydrogens (tertiary/aromatic N) is 4. The zero-order valence-corrected chi connectivity index (χ0v) is 14.3. The summed E-state index contributed by atoms with van der Waals surface area (Å²) in [4.78, 5) is 20.3. The second-order valence-electron chi connectivity index (χ2n) is 6.45. The van der Waals surface area contributed by atoms with E-state index >= 15 is 0 Å². The molecule has 1 aliphatic carbocycles. The van der Waals surface area contributed by atoms with Crippen LogP contribution in [0.15, 0.2) is 55.2 Å². The first-order valence-electron chi connectivity index (χ1n) is 8.67. The Bertz CT molecular complexity index is 871. The number of hydrogen-bond donors (Lipinski definition) is 2. The number of carbonyl (C=O) groups is 1. The van der Waals surface area contributed by atoms with Crippen molar-refractivity contribution in [2.75, 3.05) is 5.32 Å². The number of hydrogen-bond acceptors (Lipinski definition) is 5. The molecule has 26 heavy (non-hydrogen) atoms. The first kappa shape index (κ1) is 16.3. The largest absolute Gasteiger partial charge is 0.366 e. The Labute approximate surface area is 151 Å². The van der Waals surface area contributed by atoms with Gasteiger partial charge in [-0.25, -0.2) is 14.6 Å². The number of nitrogens with one attached hydrogen (secondary N) is 2. The Morgan fingerprint density at radius 1 is 1.19 bits per heavy atom. The lowest BCUT2D eigenvalue weighted by atomic mass is 10.1. The summed E-state index contributed by atoms with van der Waals surface area (Å²) in [6.07, 6.45) is 7.01. The molecule has 1 aliphatic rings. The van der Waals surface area contributed by atoms with E-state index in [1.807, 2.05) is 12.1 Å². The predicted octanol–water partition coefficient (Wildman–Crippen LogP) is 2.23. The molecule has 3 aromatic rings. The van der Waals surface area contributed by atoms with Gasteiger partial charge in [-0.3, -0.25) is 4.79 Å². The van der Waals surface area contributed by atoms with E-state index in [2.05, 4.69) is 43.9 Å². The van der Waals surface area contributed by atoms with Crippen molar-refractivity contribution in [1.29, 1.82) is 0 Å². The first-order chi connectivity index (χ1) is 12.8. The van der Waals surface area contributed by atoms with Crippen LogP contribution < -0.4 is 10.6 Å². The Kier molecular flexibility index (Phi) is 4.59. The number of benzene rings is 1. The molecule has 1 amide bonds. The lowest BCUT2D eigenvalue weighted by Crippen LogP contribution is -2.25. The molecule has 0 saturated heterocycles. The Hall–Kier alpha value is -3.22. The van der Waals surface area contributed by atoms with Crippen LogP contribution in [0.25, 0.3) is 0 Å². The monoisotopic (exact) mass is 348 g/mol. The lowest BCUT2D eigenvalue weighted by Gasteiger charge is -2.09. The van der Waals surface area contributed by atoms with Gasteiger partial charge in [-0.15, -0.1) is 0 Å². The van der Waals surface area contributed by atoms with Gasteiger partial charge < -0.3 is 10.6 Å². The molecule has 7 nitrogen and oxygen atoms in total. The van der Waals surface area contributed by atoms with Gasteiger partial charge in [0.2, 0.25) is 0 Å². The van der Waals surface area contributed by atoms with Gasteiger partial charge in [-0.2, -0.15) is 5.10 Å². The molecule has 2 aromatic heterocycles. The molecule has 0 bridgehead atoms. The number of aromatic nitrogens is 4. The van der Waals surface area contributed by atoms with Gasteiger partial charge in [-0.1, -0.05) is 24.3 Å². The summed E-state index contributed by atoms with van der Waals surface area (Å²) in [7, 11) is 0. The SMILES string of the molecule is O=C(NC1CC1)c1ccc(NCc2cccc(Cn3cncn3)c2)nc1. The molecule has 0 atom stereocenters. The summed E-state index contributed by atoms with van der Waals surface area (Å²) in [5.41, 5.74) is 2.91. The molecule has 2 heterocycles. The standard InChI is InChI=1S/C19H20N6O/c26-19(24-17-5-6-17)16-4-7-18(22-10-16)21-9-14-2-1-3-15(8-14)11-25-13-20-12-23-25/h1-4,7-8,10,12-13,17H,5-6,9,11H2,(H,21,22)(H,24,26). The highest BCUT2D eigenvalue weighted by Gasteiger charge is 2.23. The Morgan fingerprint density at radius 2 is 2.08 bits per heavy atom. The molecule has 0 radical (unpaired) electrons. The van der Waals surface area contributed by atoms with Gasteiger partial charge >= 0.3 is 0 Å². The third kappa shape index (κ3) is 4.24. The van der Waals surface area contributed by atoms with Crippen molar-refractivity contribution in [3.63, 3.8) is 0 Å². The van der Waals surface area contributed by atoms with E-state index in [0.717, 1.165) is 29.8 Å². The third-order valence-corrected chi connectivity index (χ3v) is 4.21. The third-order valence-electron chi connectivity index (χ3n) is 4.21. The minimum absolute atomic E-state index is 0.0487. The molecule has 132 valence electrons. The fourth-order valence-corrected chi connectivity index (χ4v) is 2.66. The minimum atomic E-state index is -0.0487. The van der Waals surface area contributed by atoms with Crippen molar-refractivity contribution < 1.29 is 4.79 Å². The summed E-state index contributed by atoms with van der Waals surface area (Å²) in [5.74, 6) is 0.696. The van der Waals surface area contributed by atoms with E-state index in [0.29, 0.717) is 24.7 Å². The molecule has 0 spiro atoms. The second-order valence-corrected chi connectivity index (χ2v) is 6.45. The van der Waals surface area contributed by atoms with Crippen LogP contribution in [0, 0.1) is 0 Å². The van der Waals surface area contributed by atoms with Crippen molar-refractivity contribution in [3.05, 3.63) is 71.9 Å². The van der Waals surface area contributed by atoms with Crippen molar-refractivity contribution in [1.82, 2.24) is 25.1 Å². The van der Waals surface area contributed by atoms with Crippen LogP contribution in [0.4, 0.5) is 5.82 Å². The van der Waals surface area contributed by atoms with Crippen LogP contribution in [0.1, 0.15) is 34.3 Å². The maximum atomic E-state index is 12.0. The van der Waals surface area contributed by atoms with Gasteiger partial charge in [0.25, 0.3) is 5.91 Å². The first-order valence-corrected chi connectivity index (χ1v) is 8.67. The lowest BCUT2D eigenvalue weighted by molar-refractivity contribution is 0.0951. The Balaban J connectivity index is 1.34. The van der Waals surface area contributed by atoms with E-state index in [1.165, 1.54) is 6.33 Å². The molecule has 0 aliphatic heterocycles. The van der Waals surface area contributed by atoms with Gasteiger partial charge in [0.1, 0.15) is 18.5 Å². The molecule has 1 aromatic carbocycles. The molecule has 0 unspecified atom stereocenters. The van der Waals surface area contributed by atoms with Gasteiger partial charge in [0.15, 0.2) is 0 Å². The fraction of sp³-hybridized carbons (Fsp3) is 0.263. The van der Waals surface area contributed by atoms with Crippen LogP contribution >= 0.6 is 0 Å². The zero-order chi connectivity index (χ0) is 17.8. The summed E-state index contributed by atoms with van der Waals surface area (Å²) >= 11 is 0. The van der Waals surface area contributed by atoms with E-state index in [4.69, 9.17) is 0 Å². The highest BCUT2D eigenvalue weighted by atomic mass is 16.1. The molecule has 7 heteroatoms. The van der Waals surface area contributed by atoms with Crippen molar-refractivity contribution in [2.45, 2.75) is 32.0 Å². The normalized spacial score (nSPS) is 13.4. The van der Waals surface area contributed by atoms with E-state index in [1.54, 1.807) is 23.3 Å². The summed E-state index contributed by atoms with van der Waals surface area (Å²) in [6, 6.07) is 12.3. The number of rotatable bonds is 7. The minimum Gasteiger partial charge on any atom is -0.366 e. The molecular formula is C19H20N6O. The van der Waals surface area contributed by atoms with Crippen molar-refractivity contribution in [2.24, 2.45) is 0 Å². The van der Waals surface area contributed by atoms with Crippen LogP contribution in [0.3, 0.4) is 0 Å². The number of anilines is 1. The highest BCUT2D eigenvalue weighted by Crippen LogP contribution is 2.19. The topological polar surface area (TPSA) is 84.7 Å². The maximum Gasteiger partial charge on any atom is 0.253 e. The smallest absolute Gasteiger partial charge is 0.253 e. The molecule has 1 fully saturated rings. The number of pyridine rings is 1. The molecular weight excluding hydrogens is 328 g/mol. The van der Waals surface area contributed by atoms with Crippen LogP contribution in [-0.2, 0) is 13.1 Å². The highest BCUT2D eigenvalue weighted by molar-refractivity contribution is 5.94. The van der Waals surface area contributed by atoms with Gasteiger partial charge in [0, 0.05) is 18.8 Å². The number of carbonyl (C=O) groups excluding carboxylic acids is 1. The summed E-state index contributed by atoms with van der Waals surface area (Å²) in [6.45, 7) is 1.35. The summed E-state index contributed by atoms with van der Waals surface area (Å²) < 4.78 is 1.79. The average molecular weight is 348 g/mol. The fourth-order valence-electron chi connectivity index (χ4n) is 2.66. The van der Waals surface area contributed by atoms with Crippen molar-refractivity contribution >= 4 is 11.7 Å².